The van der Waals surface area contributed by atoms with Crippen LogP contribution >= 0.6 is 16.1 Å². The number of hydrogen-bond acceptors (Lipinski definition) is 6. The summed E-state index contributed by atoms with van der Waals surface area (Å²) in [5.74, 6) is 0. The van der Waals surface area contributed by atoms with Crippen molar-refractivity contribution in [2.45, 2.75) is 7.43 Å². The molecule has 0 bridgehead atoms. The summed E-state index contributed by atoms with van der Waals surface area (Å²) in [5.41, 5.74) is 0. The maximum atomic E-state index is 9.31. The third-order valence-electron chi connectivity index (χ3n) is 0.167. The van der Waals surface area contributed by atoms with E-state index in [1.54, 1.807) is 0 Å². The Morgan fingerprint density at radius 3 is 1.89 bits per heavy atom. The molecule has 0 aromatic rings. The zero-order valence-corrected chi connectivity index (χ0v) is 5.13. The molecule has 0 saturated heterocycles. The Bertz CT molecular complexity index is 139. The monoisotopic (exact) mass is 177 g/mol. The van der Waals surface area contributed by atoms with E-state index in [1.807, 2.05) is 0 Å². The standard InChI is InChI=1S/CH4.H2O6P2.H2/c;1-7(2)6-8(3,4)5;/h1H4;(H2,3,4,5);1H/p-2/i;;1+1. The fourth-order valence-electron chi connectivity index (χ4n) is 0.0816. The molecule has 0 aromatic heterocycles. The summed E-state index contributed by atoms with van der Waals surface area (Å²) in [6.45, 7) is 0. The van der Waals surface area contributed by atoms with Gasteiger partial charge < -0.3 is 19.2 Å². The molecule has 0 amide bonds. The summed E-state index contributed by atoms with van der Waals surface area (Å²) in [6, 6.07) is 0. The van der Waals surface area contributed by atoms with Gasteiger partial charge in [-0.25, -0.2) is 0 Å². The van der Waals surface area contributed by atoms with Crippen LogP contribution in [0.2, 0.25) is 0 Å². The molecule has 0 aliphatic rings. The smallest absolute Gasteiger partial charge is 0.492 e. The lowest BCUT2D eigenvalue weighted by Gasteiger charge is -2.20. The van der Waals surface area contributed by atoms with Gasteiger partial charge in [-0.2, -0.15) is 0 Å². The Morgan fingerprint density at radius 1 is 1.56 bits per heavy atom. The van der Waals surface area contributed by atoms with Gasteiger partial charge in [0.25, 0.3) is 0 Å². The van der Waals surface area contributed by atoms with E-state index in [4.69, 9.17) is 0 Å². The lowest BCUT2D eigenvalue weighted by Crippen LogP contribution is -2.14. The maximum absolute atomic E-state index is 9.31. The molecule has 0 rings (SSSR count). The number of phosphoric acid groups is 1. The average molecular weight is 177 g/mol. The zero-order valence-electron chi connectivity index (χ0n) is 3.34. The quantitative estimate of drug-likeness (QED) is 0.486. The van der Waals surface area contributed by atoms with Crippen LogP contribution in [0.25, 0.3) is 0 Å². The molecule has 9 heavy (non-hydrogen) atoms. The van der Waals surface area contributed by atoms with Crippen molar-refractivity contribution < 1.29 is 29.5 Å². The molecule has 0 radical (unpaired) electrons. The molecular weight excluding hydrogens is 170 g/mol. The normalized spacial score (nSPS) is 12.1. The van der Waals surface area contributed by atoms with Crippen molar-refractivity contribution in [1.29, 1.82) is 0 Å². The van der Waals surface area contributed by atoms with E-state index in [0.29, 0.717) is 0 Å². The predicted octanol–water partition coefficient (Wildman–Crippen LogP) is -1.27. The van der Waals surface area contributed by atoms with E-state index in [2.05, 4.69) is 4.31 Å². The lowest BCUT2D eigenvalue weighted by molar-refractivity contribution is -0.336. The van der Waals surface area contributed by atoms with E-state index in [9.17, 15) is 23.8 Å². The summed E-state index contributed by atoms with van der Waals surface area (Å²) in [5, 5.41) is 0. The minimum Gasteiger partial charge on any atom is -0.786 e. The molecular formula is CH6O6P2-2. The SMILES string of the molecule is C.O=[P+]([O-])OP(=O)([O-])[O-].[2HH]. The second-order valence-electron chi connectivity index (χ2n) is 0.752. The van der Waals surface area contributed by atoms with Crippen LogP contribution in [0, 0.1) is 0 Å². The van der Waals surface area contributed by atoms with Gasteiger partial charge in [0.15, 0.2) is 0 Å². The van der Waals surface area contributed by atoms with Crippen LogP contribution in [0.3, 0.4) is 0 Å². The molecule has 0 spiro atoms. The topological polar surface area (TPSA) is 113 Å². The molecule has 0 aromatic carbocycles. The molecule has 8 heteroatoms. The predicted molar refractivity (Wildman–Crippen MR) is 25.1 cm³/mol. The van der Waals surface area contributed by atoms with Gasteiger partial charge in [0.05, 0.1) is 0 Å². The van der Waals surface area contributed by atoms with Crippen LogP contribution in [0.15, 0.2) is 0 Å². The Hall–Kier alpha value is 0.170. The highest BCUT2D eigenvalue weighted by atomic mass is 31.2. The molecule has 58 valence electrons. The largest absolute Gasteiger partial charge is 0.786 e. The van der Waals surface area contributed by atoms with E-state index in [-0.39, 0.29) is 8.85 Å². The van der Waals surface area contributed by atoms with Crippen LogP contribution in [0.5, 0.6) is 0 Å². The van der Waals surface area contributed by atoms with Crippen molar-refractivity contribution in [2.24, 2.45) is 0 Å². The highest BCUT2D eigenvalue weighted by Gasteiger charge is 2.02. The van der Waals surface area contributed by atoms with Crippen molar-refractivity contribution in [3.8, 4) is 0 Å². The highest BCUT2D eigenvalue weighted by molar-refractivity contribution is 7.52. The second-order valence-corrected chi connectivity index (χ2v) is 2.75. The molecule has 0 heterocycles. The minimum atomic E-state index is -5.32. The van der Waals surface area contributed by atoms with Gasteiger partial charge in [-0.15, -0.1) is 4.31 Å². The number of hydrogen-bond donors (Lipinski definition) is 0. The van der Waals surface area contributed by atoms with Crippen LogP contribution in [0.4, 0.5) is 0 Å². The average Bonchev–Trinajstić information content (AvgIpc) is 1.21. The van der Waals surface area contributed by atoms with Crippen molar-refractivity contribution in [3.05, 3.63) is 0 Å². The van der Waals surface area contributed by atoms with Gasteiger partial charge in [0, 0.05) is 1.43 Å². The molecule has 0 aliphatic heterocycles. The van der Waals surface area contributed by atoms with Gasteiger partial charge in [-0.05, 0) is 4.57 Å². The summed E-state index contributed by atoms with van der Waals surface area (Å²) in [4.78, 5) is 27.9. The van der Waals surface area contributed by atoms with Gasteiger partial charge in [0.1, 0.15) is 7.82 Å². The van der Waals surface area contributed by atoms with E-state index >= 15 is 0 Å². The van der Waals surface area contributed by atoms with Crippen LogP contribution in [0.1, 0.15) is 8.85 Å². The molecule has 6 nitrogen and oxygen atoms in total. The van der Waals surface area contributed by atoms with E-state index < -0.39 is 16.1 Å². The minimum absolute atomic E-state index is 0. The Labute approximate surface area is 54.2 Å². The first-order valence-electron chi connectivity index (χ1n) is 1.28. The van der Waals surface area contributed by atoms with Gasteiger partial charge >= 0.3 is 8.25 Å². The molecule has 1 atom stereocenters. The molecule has 0 N–H and O–H groups in total. The molecule has 0 saturated carbocycles. The summed E-state index contributed by atoms with van der Waals surface area (Å²) >= 11 is 0. The van der Waals surface area contributed by atoms with Crippen LogP contribution in [-0.2, 0) is 13.4 Å². The van der Waals surface area contributed by atoms with Crippen molar-refractivity contribution in [2.75, 3.05) is 0 Å². The summed E-state index contributed by atoms with van der Waals surface area (Å²) in [7, 11) is -8.89. The highest BCUT2D eigenvalue weighted by Crippen LogP contribution is 2.35. The van der Waals surface area contributed by atoms with E-state index in [1.165, 1.54) is 0 Å². The Kier molecular flexibility index (Phi) is 5.37. The molecule has 0 aliphatic carbocycles. The third-order valence-corrected chi connectivity index (χ3v) is 1.50. The Balaban J connectivity index is -0.000000245. The summed E-state index contributed by atoms with van der Waals surface area (Å²) in [6.07, 6.45) is 0. The first-order chi connectivity index (χ1) is 3.42. The van der Waals surface area contributed by atoms with Gasteiger partial charge in [0.2, 0.25) is 0 Å². The summed E-state index contributed by atoms with van der Waals surface area (Å²) < 4.78 is 21.4. The second kappa shape index (κ2) is 4.06. The van der Waals surface area contributed by atoms with Crippen LogP contribution in [-0.4, -0.2) is 0 Å². The number of rotatable bonds is 2. The fourth-order valence-corrected chi connectivity index (χ4v) is 0.735. The van der Waals surface area contributed by atoms with Gasteiger partial charge in [-0.3, -0.25) is 0 Å². The van der Waals surface area contributed by atoms with Crippen molar-refractivity contribution >= 4 is 16.1 Å². The first-order valence-corrected chi connectivity index (χ1v) is 3.83. The molecule has 1 unspecified atom stereocenters. The van der Waals surface area contributed by atoms with Crippen molar-refractivity contribution in [3.63, 3.8) is 0 Å². The molecule has 0 fully saturated rings. The van der Waals surface area contributed by atoms with E-state index in [0.717, 1.165) is 0 Å². The Morgan fingerprint density at radius 2 is 1.89 bits per heavy atom. The zero-order chi connectivity index (χ0) is 6.78. The van der Waals surface area contributed by atoms with Crippen LogP contribution < -0.4 is 14.7 Å². The maximum Gasteiger partial charge on any atom is 0.492 e. The first kappa shape index (κ1) is 11.9. The van der Waals surface area contributed by atoms with Gasteiger partial charge in [-0.1, -0.05) is 7.43 Å². The lowest BCUT2D eigenvalue weighted by atomic mass is 12.0. The van der Waals surface area contributed by atoms with Crippen molar-refractivity contribution in [1.82, 2.24) is 0 Å². The fraction of sp³-hybridized carbons (Fsp3) is 1.00. The third kappa shape index (κ3) is 11.6.